The quantitative estimate of drug-likeness (QED) is 0.188. The Labute approximate surface area is 298 Å². The lowest BCUT2D eigenvalue weighted by Crippen LogP contribution is -2.11. The molecule has 0 bridgehead atoms. The van der Waals surface area contributed by atoms with Crippen LogP contribution < -0.4 is 4.90 Å². The second-order valence-corrected chi connectivity index (χ2v) is 11.6. The van der Waals surface area contributed by atoms with Crippen molar-refractivity contribution in [3.05, 3.63) is 176 Å². The van der Waals surface area contributed by atoms with Gasteiger partial charge in [-0.05, 0) is 70.5 Å². The number of anilines is 3. The number of rotatable bonds is 5. The number of hydrogen-bond acceptors (Lipinski definition) is 3. The second-order valence-electron chi connectivity index (χ2n) is 11.6. The minimum Gasteiger partial charge on any atom is -0.456 e. The van der Waals surface area contributed by atoms with Gasteiger partial charge in [-0.15, -0.1) is 0 Å². The van der Waals surface area contributed by atoms with E-state index in [1.54, 1.807) is 11.0 Å². The van der Waals surface area contributed by atoms with Crippen LogP contribution in [0.3, 0.4) is 0 Å². The van der Waals surface area contributed by atoms with Gasteiger partial charge in [0.05, 0.1) is 31.8 Å². The first-order chi connectivity index (χ1) is 28.9. The maximum absolute atomic E-state index is 9.76. The molecule has 0 N–H and O–H groups in total. The van der Waals surface area contributed by atoms with Gasteiger partial charge in [0.2, 0.25) is 0 Å². The lowest BCUT2D eigenvalue weighted by atomic mass is 9.98. The molecule has 0 aliphatic rings. The highest BCUT2D eigenvalue weighted by Gasteiger charge is 2.23. The van der Waals surface area contributed by atoms with Gasteiger partial charge in [-0.3, -0.25) is 0 Å². The Kier molecular flexibility index (Phi) is 4.19. The van der Waals surface area contributed by atoms with Crippen LogP contribution in [0, 0.1) is 0 Å². The van der Waals surface area contributed by atoms with E-state index in [4.69, 9.17) is 18.4 Å². The topological polar surface area (TPSA) is 29.5 Å². The van der Waals surface area contributed by atoms with Crippen molar-refractivity contribution >= 4 is 71.7 Å². The molecule has 0 radical (unpaired) electrons. The van der Waals surface area contributed by atoms with E-state index >= 15 is 0 Å². The molecule has 230 valence electrons. The molecule has 0 amide bonds. The third-order valence-electron chi connectivity index (χ3n) is 8.87. The van der Waals surface area contributed by atoms with E-state index in [1.165, 1.54) is 0 Å². The molecule has 0 spiro atoms. The summed E-state index contributed by atoms with van der Waals surface area (Å²) in [5.41, 5.74) is 2.30. The zero-order chi connectivity index (χ0) is 41.9. The molecule has 3 nitrogen and oxygen atoms in total. The van der Waals surface area contributed by atoms with Crippen molar-refractivity contribution < 1.29 is 23.9 Å². The van der Waals surface area contributed by atoms with Crippen molar-refractivity contribution in [2.24, 2.45) is 0 Å². The van der Waals surface area contributed by atoms with Crippen LogP contribution in [0.5, 0.6) is 0 Å². The maximum atomic E-state index is 9.76. The number of furan rings is 2. The molecule has 8 aromatic carbocycles. The molecule has 0 aliphatic heterocycles. The highest BCUT2D eigenvalue weighted by Crippen LogP contribution is 2.47. The molecule has 2 aromatic heterocycles. The summed E-state index contributed by atoms with van der Waals surface area (Å²) < 4.78 is 112. The first kappa shape index (κ1) is 18.7. The van der Waals surface area contributed by atoms with Crippen LogP contribution in [0.4, 0.5) is 17.1 Å². The van der Waals surface area contributed by atoms with E-state index in [0.717, 1.165) is 27.3 Å². The summed E-state index contributed by atoms with van der Waals surface area (Å²) in [6.07, 6.45) is 0. The van der Waals surface area contributed by atoms with E-state index in [2.05, 4.69) is 0 Å². The predicted molar refractivity (Wildman–Crippen MR) is 204 cm³/mol. The van der Waals surface area contributed by atoms with Crippen LogP contribution in [-0.2, 0) is 0 Å². The average molecular weight is 639 g/mol. The predicted octanol–water partition coefficient (Wildman–Crippen LogP) is 13.4. The van der Waals surface area contributed by atoms with Gasteiger partial charge in [-0.25, -0.2) is 0 Å². The molecule has 10 rings (SSSR count). The molecule has 0 fully saturated rings. The van der Waals surface area contributed by atoms with E-state index in [1.807, 2.05) is 103 Å². The third-order valence-corrected chi connectivity index (χ3v) is 8.87. The molecule has 10 aromatic rings. The zero-order valence-corrected chi connectivity index (χ0v) is 25.7. The van der Waals surface area contributed by atoms with Gasteiger partial charge < -0.3 is 13.7 Å². The molecule has 0 aliphatic carbocycles. The Morgan fingerprint density at radius 1 is 0.429 bits per heavy atom. The van der Waals surface area contributed by atoms with Gasteiger partial charge >= 0.3 is 0 Å². The number of nitrogens with zero attached hydrogens (tertiary/aromatic N) is 1. The summed E-state index contributed by atoms with van der Waals surface area (Å²) in [5, 5.41) is 2.93. The van der Waals surface area contributed by atoms with Crippen LogP contribution in [0.2, 0.25) is 0 Å². The van der Waals surface area contributed by atoms with E-state index in [0.29, 0.717) is 27.9 Å². The monoisotopic (exact) mass is 638 g/mol. The van der Waals surface area contributed by atoms with Gasteiger partial charge in [0.25, 0.3) is 0 Å². The summed E-state index contributed by atoms with van der Waals surface area (Å²) in [6, 6.07) is 28.1. The fourth-order valence-electron chi connectivity index (χ4n) is 6.71. The highest BCUT2D eigenvalue weighted by molar-refractivity contribution is 6.20. The minimum atomic E-state index is -0.641. The molecule has 0 unspecified atom stereocenters. The molecule has 3 heteroatoms. The Balaban J connectivity index is 1.33. The van der Waals surface area contributed by atoms with Crippen LogP contribution in [-0.4, -0.2) is 0 Å². The van der Waals surface area contributed by atoms with E-state index in [9.17, 15) is 5.48 Å². The average Bonchev–Trinajstić information content (AvgIpc) is 3.87. The molecular formula is C46H29NO2. The van der Waals surface area contributed by atoms with Crippen LogP contribution in [0.1, 0.15) is 15.1 Å². The molecule has 0 atom stereocenters. The summed E-state index contributed by atoms with van der Waals surface area (Å²) in [7, 11) is 0. The van der Waals surface area contributed by atoms with Gasteiger partial charge in [0, 0.05) is 32.8 Å². The van der Waals surface area contributed by atoms with Crippen molar-refractivity contribution in [3.8, 4) is 22.3 Å². The largest absolute Gasteiger partial charge is 0.456 e. The van der Waals surface area contributed by atoms with Gasteiger partial charge in [-0.2, -0.15) is 0 Å². The first-order valence-electron chi connectivity index (χ1n) is 21.2. The molecule has 0 saturated heterocycles. The number of para-hydroxylation sites is 2. The minimum absolute atomic E-state index is 0.121. The number of hydrogen-bond donors (Lipinski definition) is 0. The number of fused-ring (bicyclic) bond motifs is 8. The highest BCUT2D eigenvalue weighted by atomic mass is 16.3. The molecule has 49 heavy (non-hydrogen) atoms. The van der Waals surface area contributed by atoms with Crippen molar-refractivity contribution in [1.82, 2.24) is 0 Å². The van der Waals surface area contributed by atoms with Crippen LogP contribution >= 0.6 is 0 Å². The third kappa shape index (κ3) is 4.37. The van der Waals surface area contributed by atoms with Crippen molar-refractivity contribution in [2.75, 3.05) is 4.90 Å². The fourth-order valence-corrected chi connectivity index (χ4v) is 6.71. The van der Waals surface area contributed by atoms with Crippen molar-refractivity contribution in [2.45, 2.75) is 0 Å². The Morgan fingerprint density at radius 3 is 2.12 bits per heavy atom. The summed E-state index contributed by atoms with van der Waals surface area (Å²) in [5.74, 6) is 0. The van der Waals surface area contributed by atoms with Crippen molar-refractivity contribution in [3.63, 3.8) is 0 Å². The zero-order valence-electron chi connectivity index (χ0n) is 36.7. The smallest absolute Gasteiger partial charge is 0.143 e. The van der Waals surface area contributed by atoms with Crippen LogP contribution in [0.25, 0.3) is 76.9 Å². The molecular weight excluding hydrogens is 599 g/mol. The maximum Gasteiger partial charge on any atom is 0.143 e. The molecule has 2 heterocycles. The Hall–Kier alpha value is -6.58. The van der Waals surface area contributed by atoms with Crippen LogP contribution in [0.15, 0.2) is 184 Å². The summed E-state index contributed by atoms with van der Waals surface area (Å²) in [4.78, 5) is 1.70. The van der Waals surface area contributed by atoms with Gasteiger partial charge in [-0.1, -0.05) is 127 Å². The second kappa shape index (κ2) is 11.0. The fraction of sp³-hybridized carbons (Fsp3) is 0. The van der Waals surface area contributed by atoms with E-state index in [-0.39, 0.29) is 38.8 Å². The lowest BCUT2D eigenvalue weighted by Gasteiger charge is -2.28. The first-order valence-corrected chi connectivity index (χ1v) is 15.7. The van der Waals surface area contributed by atoms with Crippen molar-refractivity contribution in [1.29, 1.82) is 0 Å². The number of benzene rings is 8. The lowest BCUT2D eigenvalue weighted by molar-refractivity contribution is 0.669. The standard InChI is InChI=1S/C46H29NO2/c1-2-12-30(13-3-1)34-15-6-8-19-39(34)47(40-20-11-23-43-45(40)38-29-26-31-14-4-5-16-36(31)46(38)49-43)33-27-24-32(25-28-33)35-18-10-22-42-44(35)37-17-7-9-21-41(37)48-42/h1-29H/i7D,9D,10D,17D,18D,21D,22D,24D,25D,27D,28D. The van der Waals surface area contributed by atoms with Gasteiger partial charge in [0.15, 0.2) is 0 Å². The van der Waals surface area contributed by atoms with Gasteiger partial charge in [0.1, 0.15) is 22.3 Å². The Bertz CT molecular complexity index is 3440. The Morgan fingerprint density at radius 2 is 1.20 bits per heavy atom. The van der Waals surface area contributed by atoms with E-state index < -0.39 is 66.5 Å². The summed E-state index contributed by atoms with van der Waals surface area (Å²) >= 11 is 0. The summed E-state index contributed by atoms with van der Waals surface area (Å²) in [6.45, 7) is 0. The molecule has 0 saturated carbocycles. The normalized spacial score (nSPS) is 14.8. The SMILES string of the molecule is [2H]c1c([2H])c(N(c2ccccc2-c2ccccc2)c2cccc3oc4c5ccccc5ccc4c23)c([2H])c([2H])c1-c1c([2H])c([2H])c([2H])c2oc3c([2H])c([2H])c([2H])c([2H])c3c12.